The predicted octanol–water partition coefficient (Wildman–Crippen LogP) is 3.23. The third kappa shape index (κ3) is 2.71. The molecular weight excluding hydrogens is 330 g/mol. The molecule has 2 aromatic heterocycles. The van der Waals surface area contributed by atoms with E-state index >= 15 is 0 Å². The van der Waals surface area contributed by atoms with E-state index in [0.717, 1.165) is 42.2 Å². The lowest BCUT2D eigenvalue weighted by molar-refractivity contribution is 0.0736. The Morgan fingerprint density at radius 3 is 2.65 bits per heavy atom. The van der Waals surface area contributed by atoms with Crippen LogP contribution in [0.25, 0.3) is 11.1 Å². The second kappa shape index (κ2) is 6.78. The average Bonchev–Trinajstić information content (AvgIpc) is 3.28. The van der Waals surface area contributed by atoms with Crippen molar-refractivity contribution in [2.75, 3.05) is 38.2 Å². The minimum atomic E-state index is 0.0675. The van der Waals surface area contributed by atoms with Gasteiger partial charge in [0.15, 0.2) is 5.58 Å². The highest BCUT2D eigenvalue weighted by Gasteiger charge is 2.26. The molecule has 3 heterocycles. The number of benzene rings is 1. The van der Waals surface area contributed by atoms with Gasteiger partial charge in [-0.25, -0.2) is 0 Å². The number of piperazine rings is 1. The quantitative estimate of drug-likeness (QED) is 0.723. The molecular formula is C20H23N3O3. The maximum Gasteiger partial charge on any atom is 0.270 e. The molecule has 1 aliphatic heterocycles. The number of anilines is 1. The van der Waals surface area contributed by atoms with E-state index in [1.807, 2.05) is 46.7 Å². The summed E-state index contributed by atoms with van der Waals surface area (Å²) in [5.41, 5.74) is 3.52. The first kappa shape index (κ1) is 16.6. The summed E-state index contributed by atoms with van der Waals surface area (Å²) >= 11 is 0. The van der Waals surface area contributed by atoms with Crippen molar-refractivity contribution in [3.63, 3.8) is 0 Å². The van der Waals surface area contributed by atoms with Gasteiger partial charge >= 0.3 is 0 Å². The highest BCUT2D eigenvalue weighted by atomic mass is 16.5. The molecule has 0 spiro atoms. The average molecular weight is 353 g/mol. The van der Waals surface area contributed by atoms with Crippen molar-refractivity contribution < 1.29 is 13.9 Å². The lowest BCUT2D eigenvalue weighted by Crippen LogP contribution is -2.49. The number of carbonyl (C=O) groups is 1. The van der Waals surface area contributed by atoms with Gasteiger partial charge in [-0.15, -0.1) is 0 Å². The number of aromatic nitrogens is 1. The number of para-hydroxylation sites is 2. The van der Waals surface area contributed by atoms with Gasteiger partial charge < -0.3 is 23.5 Å². The van der Waals surface area contributed by atoms with E-state index in [2.05, 4.69) is 11.0 Å². The molecule has 26 heavy (non-hydrogen) atoms. The molecule has 0 saturated carbocycles. The molecule has 1 aliphatic rings. The Balaban J connectivity index is 1.50. The molecule has 0 radical (unpaired) electrons. The van der Waals surface area contributed by atoms with Crippen LogP contribution < -0.4 is 9.64 Å². The summed E-state index contributed by atoms with van der Waals surface area (Å²) in [5, 5.41) is 0. The van der Waals surface area contributed by atoms with E-state index in [1.54, 1.807) is 13.4 Å². The lowest BCUT2D eigenvalue weighted by Gasteiger charge is -2.36. The fourth-order valence-corrected chi connectivity index (χ4v) is 3.70. The molecule has 1 aromatic carbocycles. The van der Waals surface area contributed by atoms with E-state index in [0.29, 0.717) is 18.8 Å². The Morgan fingerprint density at radius 2 is 1.92 bits per heavy atom. The Morgan fingerprint density at radius 1 is 1.15 bits per heavy atom. The van der Waals surface area contributed by atoms with Crippen LogP contribution in [0.1, 0.15) is 17.4 Å². The minimum Gasteiger partial charge on any atom is -0.495 e. The topological polar surface area (TPSA) is 50.9 Å². The molecule has 0 atom stereocenters. The molecule has 0 aliphatic carbocycles. The number of amides is 1. The highest BCUT2D eigenvalue weighted by molar-refractivity contribution is 5.97. The van der Waals surface area contributed by atoms with Crippen molar-refractivity contribution in [3.8, 4) is 5.75 Å². The van der Waals surface area contributed by atoms with Gasteiger partial charge in [-0.05, 0) is 19.1 Å². The van der Waals surface area contributed by atoms with Crippen LogP contribution in [0.4, 0.5) is 5.69 Å². The third-order valence-corrected chi connectivity index (χ3v) is 5.05. The van der Waals surface area contributed by atoms with Crippen LogP contribution in [-0.4, -0.2) is 48.7 Å². The molecule has 0 bridgehead atoms. The molecule has 1 fully saturated rings. The number of furan rings is 1. The molecule has 0 N–H and O–H groups in total. The summed E-state index contributed by atoms with van der Waals surface area (Å²) in [6, 6.07) is 11.8. The Labute approximate surface area is 152 Å². The molecule has 0 unspecified atom stereocenters. The van der Waals surface area contributed by atoms with E-state index in [4.69, 9.17) is 9.15 Å². The number of fused-ring (bicyclic) bond motifs is 1. The fourth-order valence-electron chi connectivity index (χ4n) is 3.70. The van der Waals surface area contributed by atoms with Crippen molar-refractivity contribution >= 4 is 22.7 Å². The summed E-state index contributed by atoms with van der Waals surface area (Å²) in [6.45, 7) is 5.73. The first-order chi connectivity index (χ1) is 12.7. The molecule has 1 saturated heterocycles. The maximum absolute atomic E-state index is 13.0. The molecule has 3 aromatic rings. The van der Waals surface area contributed by atoms with Crippen LogP contribution in [0.15, 0.2) is 47.1 Å². The second-order valence-electron chi connectivity index (χ2n) is 6.40. The zero-order valence-electron chi connectivity index (χ0n) is 15.1. The van der Waals surface area contributed by atoms with Gasteiger partial charge in [0, 0.05) is 44.9 Å². The van der Waals surface area contributed by atoms with E-state index in [9.17, 15) is 4.79 Å². The number of carbonyl (C=O) groups excluding carboxylic acids is 1. The summed E-state index contributed by atoms with van der Waals surface area (Å²) in [5.74, 6) is 0.936. The number of rotatable bonds is 4. The van der Waals surface area contributed by atoms with Gasteiger partial charge in [0.25, 0.3) is 5.91 Å². The van der Waals surface area contributed by atoms with Gasteiger partial charge in [-0.2, -0.15) is 0 Å². The normalized spacial score (nSPS) is 14.8. The number of nitrogens with zero attached hydrogens (tertiary/aromatic N) is 3. The monoisotopic (exact) mass is 353 g/mol. The summed E-state index contributed by atoms with van der Waals surface area (Å²) in [7, 11) is 1.69. The first-order valence-corrected chi connectivity index (χ1v) is 8.97. The van der Waals surface area contributed by atoms with Crippen molar-refractivity contribution in [2.45, 2.75) is 13.5 Å². The van der Waals surface area contributed by atoms with E-state index in [-0.39, 0.29) is 5.91 Å². The summed E-state index contributed by atoms with van der Waals surface area (Å²) < 4.78 is 12.9. The Bertz CT molecular complexity index is 919. The summed E-state index contributed by atoms with van der Waals surface area (Å²) in [6.07, 6.45) is 1.66. The SMILES string of the molecule is CCn1c(C(=O)N2CCN(c3ccccc3OC)CC2)cc2occc21. The van der Waals surface area contributed by atoms with Crippen molar-refractivity contribution in [1.82, 2.24) is 9.47 Å². The van der Waals surface area contributed by atoms with E-state index in [1.165, 1.54) is 0 Å². The third-order valence-electron chi connectivity index (χ3n) is 5.05. The number of aryl methyl sites for hydroxylation is 1. The molecule has 6 heteroatoms. The van der Waals surface area contributed by atoms with Gasteiger partial charge in [-0.3, -0.25) is 4.79 Å². The highest BCUT2D eigenvalue weighted by Crippen LogP contribution is 2.29. The lowest BCUT2D eigenvalue weighted by atomic mass is 10.2. The van der Waals surface area contributed by atoms with Gasteiger partial charge in [-0.1, -0.05) is 12.1 Å². The number of methoxy groups -OCH3 is 1. The van der Waals surface area contributed by atoms with Crippen LogP contribution in [0.3, 0.4) is 0 Å². The van der Waals surface area contributed by atoms with Crippen LogP contribution in [-0.2, 0) is 6.54 Å². The predicted molar refractivity (Wildman–Crippen MR) is 101 cm³/mol. The smallest absolute Gasteiger partial charge is 0.270 e. The zero-order chi connectivity index (χ0) is 18.1. The van der Waals surface area contributed by atoms with Gasteiger partial charge in [0.1, 0.15) is 11.4 Å². The van der Waals surface area contributed by atoms with Crippen molar-refractivity contribution in [1.29, 1.82) is 0 Å². The maximum atomic E-state index is 13.0. The van der Waals surface area contributed by atoms with Crippen LogP contribution in [0.2, 0.25) is 0 Å². The van der Waals surface area contributed by atoms with Crippen LogP contribution in [0, 0.1) is 0 Å². The zero-order valence-corrected chi connectivity index (χ0v) is 15.1. The summed E-state index contributed by atoms with van der Waals surface area (Å²) in [4.78, 5) is 17.2. The van der Waals surface area contributed by atoms with Crippen molar-refractivity contribution in [2.24, 2.45) is 0 Å². The number of hydrogen-bond donors (Lipinski definition) is 0. The Hall–Kier alpha value is -2.89. The van der Waals surface area contributed by atoms with E-state index < -0.39 is 0 Å². The minimum absolute atomic E-state index is 0.0675. The number of hydrogen-bond acceptors (Lipinski definition) is 4. The van der Waals surface area contributed by atoms with Crippen molar-refractivity contribution in [3.05, 3.63) is 48.4 Å². The Kier molecular flexibility index (Phi) is 4.32. The van der Waals surface area contributed by atoms with Gasteiger partial charge in [0.05, 0.1) is 24.6 Å². The molecule has 6 nitrogen and oxygen atoms in total. The largest absolute Gasteiger partial charge is 0.495 e. The first-order valence-electron chi connectivity index (χ1n) is 8.97. The van der Waals surface area contributed by atoms with Gasteiger partial charge in [0.2, 0.25) is 0 Å². The second-order valence-corrected chi connectivity index (χ2v) is 6.40. The molecule has 1 amide bonds. The molecule has 136 valence electrons. The fraction of sp³-hybridized carbons (Fsp3) is 0.350. The van der Waals surface area contributed by atoms with Crippen LogP contribution >= 0.6 is 0 Å². The van der Waals surface area contributed by atoms with Crippen LogP contribution in [0.5, 0.6) is 5.75 Å². The standard InChI is InChI=1S/C20H23N3O3/c1-3-23-16-8-13-26-19(16)14-17(23)20(24)22-11-9-21(10-12-22)15-6-4-5-7-18(15)25-2/h4-8,13-14H,3,9-12H2,1-2H3. The molecule has 4 rings (SSSR count). The number of ether oxygens (including phenoxy) is 1.